The Morgan fingerprint density at radius 3 is 2.10 bits per heavy atom. The van der Waals surface area contributed by atoms with Crippen LogP contribution in [0.15, 0.2) is 94.1 Å². The zero-order valence-corrected chi connectivity index (χ0v) is 17.3. The molecule has 0 spiro atoms. The molecule has 0 bridgehead atoms. The quantitative estimate of drug-likeness (QED) is 0.283. The van der Waals surface area contributed by atoms with Crippen molar-refractivity contribution in [3.05, 3.63) is 89.7 Å². The monoisotopic (exact) mass is 451 g/mol. The number of fused-ring (bicyclic) bond motifs is 4. The van der Waals surface area contributed by atoms with Crippen LogP contribution in [0, 0.1) is 0 Å². The standard InChI is InChI=1S/C25H14BrN3O/c26-25-28-23(19-12-5-8-15-7-1-2-9-16(15)19)27-24(29-25)20-13-6-11-18-17-10-3-4-14-21(17)30-22(18)20/h1-14H. The average molecular weight is 452 g/mol. The van der Waals surface area contributed by atoms with Crippen LogP contribution in [0.4, 0.5) is 0 Å². The molecule has 2 aromatic heterocycles. The van der Waals surface area contributed by atoms with Crippen molar-refractivity contribution in [2.75, 3.05) is 0 Å². The van der Waals surface area contributed by atoms with E-state index in [0.717, 1.165) is 43.8 Å². The Morgan fingerprint density at radius 1 is 0.567 bits per heavy atom. The van der Waals surface area contributed by atoms with E-state index in [1.165, 1.54) is 0 Å². The smallest absolute Gasteiger partial charge is 0.200 e. The fraction of sp³-hybridized carbons (Fsp3) is 0. The van der Waals surface area contributed by atoms with Crippen molar-refractivity contribution in [2.24, 2.45) is 0 Å². The lowest BCUT2D eigenvalue weighted by Gasteiger charge is -2.08. The molecule has 2 heterocycles. The molecule has 0 amide bonds. The molecule has 0 unspecified atom stereocenters. The predicted molar refractivity (Wildman–Crippen MR) is 123 cm³/mol. The number of nitrogens with zero attached hydrogens (tertiary/aromatic N) is 3. The van der Waals surface area contributed by atoms with Crippen molar-refractivity contribution in [3.8, 4) is 22.8 Å². The van der Waals surface area contributed by atoms with Gasteiger partial charge in [0.05, 0.1) is 5.56 Å². The van der Waals surface area contributed by atoms with Gasteiger partial charge in [0, 0.05) is 16.3 Å². The number of aromatic nitrogens is 3. The summed E-state index contributed by atoms with van der Waals surface area (Å²) in [7, 11) is 0. The van der Waals surface area contributed by atoms with E-state index < -0.39 is 0 Å². The molecular formula is C25H14BrN3O. The molecule has 0 aliphatic rings. The maximum absolute atomic E-state index is 6.18. The van der Waals surface area contributed by atoms with Gasteiger partial charge >= 0.3 is 0 Å². The van der Waals surface area contributed by atoms with Crippen molar-refractivity contribution in [3.63, 3.8) is 0 Å². The van der Waals surface area contributed by atoms with E-state index in [-0.39, 0.29) is 0 Å². The van der Waals surface area contributed by atoms with Gasteiger partial charge in [-0.3, -0.25) is 0 Å². The van der Waals surface area contributed by atoms with Crippen molar-refractivity contribution in [2.45, 2.75) is 0 Å². The molecule has 30 heavy (non-hydrogen) atoms. The maximum atomic E-state index is 6.18. The zero-order valence-electron chi connectivity index (χ0n) is 15.7. The summed E-state index contributed by atoms with van der Waals surface area (Å²) in [6.45, 7) is 0. The molecule has 6 aromatic rings. The van der Waals surface area contributed by atoms with Gasteiger partial charge in [-0.2, -0.15) is 0 Å². The Bertz CT molecular complexity index is 1570. The predicted octanol–water partition coefficient (Wildman–Crippen LogP) is 7.02. The number of furan rings is 1. The van der Waals surface area contributed by atoms with Crippen LogP contribution in [-0.2, 0) is 0 Å². The van der Waals surface area contributed by atoms with Crippen LogP contribution in [0.25, 0.3) is 55.5 Å². The summed E-state index contributed by atoms with van der Waals surface area (Å²) >= 11 is 3.48. The van der Waals surface area contributed by atoms with E-state index in [0.29, 0.717) is 16.4 Å². The third-order valence-electron chi connectivity index (χ3n) is 5.28. The summed E-state index contributed by atoms with van der Waals surface area (Å²) in [4.78, 5) is 14.0. The van der Waals surface area contributed by atoms with Crippen LogP contribution in [0.1, 0.15) is 0 Å². The number of hydrogen-bond donors (Lipinski definition) is 0. The van der Waals surface area contributed by atoms with E-state index >= 15 is 0 Å². The third kappa shape index (κ3) is 2.70. The first-order chi connectivity index (χ1) is 14.8. The van der Waals surface area contributed by atoms with E-state index in [2.05, 4.69) is 56.2 Å². The minimum absolute atomic E-state index is 0.489. The normalized spacial score (nSPS) is 11.5. The lowest BCUT2D eigenvalue weighted by atomic mass is 10.0. The Kier molecular flexibility index (Phi) is 3.89. The molecule has 6 rings (SSSR count). The number of rotatable bonds is 2. The Hall–Kier alpha value is -3.57. The Labute approximate surface area is 180 Å². The summed E-state index contributed by atoms with van der Waals surface area (Å²) in [5, 5.41) is 4.38. The van der Waals surface area contributed by atoms with Gasteiger partial charge in [-0.25, -0.2) is 15.0 Å². The van der Waals surface area contributed by atoms with Gasteiger partial charge in [0.2, 0.25) is 4.73 Å². The Morgan fingerprint density at radius 2 is 1.20 bits per heavy atom. The molecule has 4 aromatic carbocycles. The Balaban J connectivity index is 1.61. The van der Waals surface area contributed by atoms with Gasteiger partial charge in [-0.1, -0.05) is 72.8 Å². The fourth-order valence-electron chi connectivity index (χ4n) is 3.93. The summed E-state index contributed by atoms with van der Waals surface area (Å²) in [5.41, 5.74) is 3.44. The highest BCUT2D eigenvalue weighted by atomic mass is 79.9. The van der Waals surface area contributed by atoms with Crippen LogP contribution < -0.4 is 0 Å². The van der Waals surface area contributed by atoms with Crippen LogP contribution in [0.5, 0.6) is 0 Å². The molecule has 0 aliphatic carbocycles. The number of halogens is 1. The average Bonchev–Trinajstić information content (AvgIpc) is 3.17. The zero-order chi connectivity index (χ0) is 20.1. The molecular weight excluding hydrogens is 438 g/mol. The van der Waals surface area contributed by atoms with Gasteiger partial charge in [0.15, 0.2) is 11.6 Å². The van der Waals surface area contributed by atoms with Gasteiger partial charge < -0.3 is 4.42 Å². The highest BCUT2D eigenvalue weighted by Gasteiger charge is 2.16. The van der Waals surface area contributed by atoms with Crippen molar-refractivity contribution in [1.29, 1.82) is 0 Å². The number of hydrogen-bond acceptors (Lipinski definition) is 4. The largest absolute Gasteiger partial charge is 0.455 e. The fourth-order valence-corrected chi connectivity index (χ4v) is 4.27. The van der Waals surface area contributed by atoms with E-state index in [9.17, 15) is 0 Å². The molecule has 0 saturated heterocycles. The van der Waals surface area contributed by atoms with Gasteiger partial charge in [0.25, 0.3) is 0 Å². The summed E-state index contributed by atoms with van der Waals surface area (Å²) in [6.07, 6.45) is 0. The third-order valence-corrected chi connectivity index (χ3v) is 5.64. The van der Waals surface area contributed by atoms with Gasteiger partial charge in [0.1, 0.15) is 11.2 Å². The molecule has 0 atom stereocenters. The topological polar surface area (TPSA) is 51.8 Å². The number of benzene rings is 4. The van der Waals surface area contributed by atoms with Crippen molar-refractivity contribution in [1.82, 2.24) is 15.0 Å². The first-order valence-corrected chi connectivity index (χ1v) is 10.4. The highest BCUT2D eigenvalue weighted by Crippen LogP contribution is 2.35. The second-order valence-corrected chi connectivity index (χ2v) is 7.77. The summed E-state index contributed by atoms with van der Waals surface area (Å²) in [5.74, 6) is 1.20. The first kappa shape index (κ1) is 17.3. The van der Waals surface area contributed by atoms with E-state index in [4.69, 9.17) is 9.40 Å². The molecule has 142 valence electrons. The van der Waals surface area contributed by atoms with Crippen LogP contribution >= 0.6 is 15.9 Å². The minimum Gasteiger partial charge on any atom is -0.455 e. The second-order valence-electron chi connectivity index (χ2n) is 7.06. The number of para-hydroxylation sites is 2. The van der Waals surface area contributed by atoms with Gasteiger partial charge in [-0.05, 0) is 38.8 Å². The maximum Gasteiger partial charge on any atom is 0.200 e. The van der Waals surface area contributed by atoms with Crippen LogP contribution in [0.3, 0.4) is 0 Å². The SMILES string of the molecule is Brc1nc(-c2cccc3ccccc23)nc(-c2cccc3c2oc2ccccc23)n1. The van der Waals surface area contributed by atoms with Crippen LogP contribution in [-0.4, -0.2) is 15.0 Å². The van der Waals surface area contributed by atoms with Gasteiger partial charge in [-0.15, -0.1) is 0 Å². The molecule has 5 heteroatoms. The van der Waals surface area contributed by atoms with E-state index in [1.54, 1.807) is 0 Å². The summed E-state index contributed by atoms with van der Waals surface area (Å²) in [6, 6.07) is 28.5. The molecule has 0 aliphatic heterocycles. The lowest BCUT2D eigenvalue weighted by Crippen LogP contribution is -1.98. The van der Waals surface area contributed by atoms with Crippen LogP contribution in [0.2, 0.25) is 0 Å². The molecule has 0 saturated carbocycles. The van der Waals surface area contributed by atoms with Crippen molar-refractivity contribution >= 4 is 48.6 Å². The molecule has 4 nitrogen and oxygen atoms in total. The highest BCUT2D eigenvalue weighted by molar-refractivity contribution is 9.10. The minimum atomic E-state index is 0.489. The lowest BCUT2D eigenvalue weighted by molar-refractivity contribution is 0.669. The first-order valence-electron chi connectivity index (χ1n) is 9.58. The second kappa shape index (κ2) is 6.75. The summed E-state index contributed by atoms with van der Waals surface area (Å²) < 4.78 is 6.67. The molecule has 0 radical (unpaired) electrons. The van der Waals surface area contributed by atoms with E-state index in [1.807, 2.05) is 54.6 Å². The van der Waals surface area contributed by atoms with Crippen molar-refractivity contribution < 1.29 is 4.42 Å². The molecule has 0 N–H and O–H groups in total. The molecule has 0 fully saturated rings.